The SMILES string of the molecule is CCCC[C@@H]1OC(C)(C)O[C@H]1[C@H](O[Si](C)(C)C(C)(C)C)[C@H]1CO1. The van der Waals surface area contributed by atoms with Gasteiger partial charge in [0.2, 0.25) is 0 Å². The second-order valence-corrected chi connectivity index (χ2v) is 13.8. The van der Waals surface area contributed by atoms with Gasteiger partial charge in [-0.3, -0.25) is 0 Å². The Hall–Kier alpha value is 0.0569. The number of hydrogen-bond acceptors (Lipinski definition) is 4. The summed E-state index contributed by atoms with van der Waals surface area (Å²) in [5.74, 6) is -0.535. The van der Waals surface area contributed by atoms with E-state index in [1.807, 2.05) is 13.8 Å². The van der Waals surface area contributed by atoms with Crippen molar-refractivity contribution in [3.8, 4) is 0 Å². The zero-order chi connectivity index (χ0) is 17.5. The van der Waals surface area contributed by atoms with E-state index in [9.17, 15) is 0 Å². The molecule has 0 amide bonds. The molecule has 0 bridgehead atoms. The maximum Gasteiger partial charge on any atom is 0.192 e. The summed E-state index contributed by atoms with van der Waals surface area (Å²) < 4.78 is 24.8. The van der Waals surface area contributed by atoms with Gasteiger partial charge in [-0.2, -0.15) is 0 Å². The van der Waals surface area contributed by atoms with Gasteiger partial charge in [0.15, 0.2) is 14.1 Å². The predicted octanol–water partition coefficient (Wildman–Crippen LogP) is 4.49. The highest BCUT2D eigenvalue weighted by Gasteiger charge is 2.53. The van der Waals surface area contributed by atoms with Crippen LogP contribution in [0.4, 0.5) is 0 Å². The van der Waals surface area contributed by atoms with Crippen molar-refractivity contribution >= 4 is 8.32 Å². The number of hydrogen-bond donors (Lipinski definition) is 0. The maximum absolute atomic E-state index is 6.72. The van der Waals surface area contributed by atoms with Crippen LogP contribution in [0.15, 0.2) is 0 Å². The molecule has 0 radical (unpaired) electrons. The van der Waals surface area contributed by atoms with E-state index in [1.54, 1.807) is 0 Å². The van der Waals surface area contributed by atoms with E-state index in [0.29, 0.717) is 0 Å². The van der Waals surface area contributed by atoms with Gasteiger partial charge in [0.1, 0.15) is 18.3 Å². The minimum atomic E-state index is -1.88. The average molecular weight is 345 g/mol. The first-order valence-corrected chi connectivity index (χ1v) is 12.0. The van der Waals surface area contributed by atoms with Crippen LogP contribution in [0.2, 0.25) is 18.1 Å². The standard InChI is InChI=1S/C18H36O4Si/c1-9-10-11-13-15(21-18(5,6)20-13)16(14-12-19-14)22-23(7,8)17(2,3)4/h13-16H,9-12H2,1-8H3/t13-,14+,15+,16+/m0/s1. The molecule has 0 N–H and O–H groups in total. The van der Waals surface area contributed by atoms with Crippen LogP contribution in [-0.4, -0.2) is 45.1 Å². The molecule has 2 rings (SSSR count). The summed E-state index contributed by atoms with van der Waals surface area (Å²) >= 11 is 0. The van der Waals surface area contributed by atoms with Gasteiger partial charge >= 0.3 is 0 Å². The fourth-order valence-electron chi connectivity index (χ4n) is 2.89. The monoisotopic (exact) mass is 344 g/mol. The van der Waals surface area contributed by atoms with Gasteiger partial charge < -0.3 is 18.6 Å². The molecular weight excluding hydrogens is 308 g/mol. The second-order valence-electron chi connectivity index (χ2n) is 9.00. The Labute approximate surface area is 143 Å². The van der Waals surface area contributed by atoms with Gasteiger partial charge in [0.05, 0.1) is 12.7 Å². The Balaban J connectivity index is 2.15. The predicted molar refractivity (Wildman–Crippen MR) is 95.2 cm³/mol. The Kier molecular flexibility index (Phi) is 5.69. The number of epoxide rings is 1. The summed E-state index contributed by atoms with van der Waals surface area (Å²) in [4.78, 5) is 0. The summed E-state index contributed by atoms with van der Waals surface area (Å²) in [6.45, 7) is 18.4. The summed E-state index contributed by atoms with van der Waals surface area (Å²) in [5, 5.41) is 0.175. The van der Waals surface area contributed by atoms with E-state index < -0.39 is 14.1 Å². The van der Waals surface area contributed by atoms with Crippen molar-refractivity contribution in [2.75, 3.05) is 6.61 Å². The molecule has 0 aromatic carbocycles. The van der Waals surface area contributed by atoms with E-state index in [2.05, 4.69) is 40.8 Å². The van der Waals surface area contributed by atoms with Gasteiger partial charge in [-0.1, -0.05) is 40.5 Å². The quantitative estimate of drug-likeness (QED) is 0.504. The van der Waals surface area contributed by atoms with Crippen molar-refractivity contribution in [1.82, 2.24) is 0 Å². The van der Waals surface area contributed by atoms with Crippen molar-refractivity contribution in [2.45, 2.75) is 109 Å². The molecule has 2 aliphatic rings. The average Bonchev–Trinajstić information content (AvgIpc) is 3.17. The Morgan fingerprint density at radius 1 is 1.22 bits per heavy atom. The summed E-state index contributed by atoms with van der Waals surface area (Å²) in [6.07, 6.45) is 3.56. The Morgan fingerprint density at radius 2 is 1.83 bits per heavy atom. The molecule has 0 aromatic heterocycles. The molecule has 0 aromatic rings. The molecule has 2 heterocycles. The summed E-state index contributed by atoms with van der Waals surface area (Å²) in [6, 6.07) is 0. The van der Waals surface area contributed by atoms with Gasteiger partial charge in [0, 0.05) is 0 Å². The molecule has 0 aliphatic carbocycles. The number of unbranched alkanes of at least 4 members (excludes halogenated alkanes) is 1. The molecule has 136 valence electrons. The van der Waals surface area contributed by atoms with Crippen molar-refractivity contribution in [1.29, 1.82) is 0 Å². The van der Waals surface area contributed by atoms with Gasteiger partial charge in [-0.05, 0) is 38.4 Å². The van der Waals surface area contributed by atoms with E-state index in [4.69, 9.17) is 18.6 Å². The van der Waals surface area contributed by atoms with Crippen LogP contribution in [0.1, 0.15) is 60.8 Å². The Bertz CT molecular complexity index is 398. The summed E-state index contributed by atoms with van der Waals surface area (Å²) in [7, 11) is -1.88. The Morgan fingerprint density at radius 3 is 2.30 bits per heavy atom. The highest BCUT2D eigenvalue weighted by Crippen LogP contribution is 2.42. The van der Waals surface area contributed by atoms with Crippen molar-refractivity contribution in [3.05, 3.63) is 0 Å². The molecular formula is C18H36O4Si. The van der Waals surface area contributed by atoms with Gasteiger partial charge in [0.25, 0.3) is 0 Å². The van der Waals surface area contributed by atoms with Crippen molar-refractivity contribution in [2.24, 2.45) is 0 Å². The molecule has 2 aliphatic heterocycles. The highest BCUT2D eigenvalue weighted by atomic mass is 28.4. The van der Waals surface area contributed by atoms with Crippen LogP contribution >= 0.6 is 0 Å². The largest absolute Gasteiger partial charge is 0.408 e. The molecule has 23 heavy (non-hydrogen) atoms. The molecule has 0 unspecified atom stereocenters. The first kappa shape index (κ1) is 19.4. The summed E-state index contributed by atoms with van der Waals surface area (Å²) in [5.41, 5.74) is 0. The number of rotatable bonds is 7. The lowest BCUT2D eigenvalue weighted by Gasteiger charge is -2.40. The smallest absolute Gasteiger partial charge is 0.192 e. The third kappa shape index (κ3) is 4.79. The number of ether oxygens (including phenoxy) is 3. The first-order chi connectivity index (χ1) is 10.5. The zero-order valence-electron chi connectivity index (χ0n) is 16.3. The highest BCUT2D eigenvalue weighted by molar-refractivity contribution is 6.74. The lowest BCUT2D eigenvalue weighted by molar-refractivity contribution is -0.155. The minimum absolute atomic E-state index is 0.0143. The van der Waals surface area contributed by atoms with E-state index in [1.165, 1.54) is 6.42 Å². The van der Waals surface area contributed by atoms with Crippen LogP contribution in [-0.2, 0) is 18.6 Å². The van der Waals surface area contributed by atoms with Crippen LogP contribution in [0, 0.1) is 0 Å². The lowest BCUT2D eigenvalue weighted by atomic mass is 10.0. The van der Waals surface area contributed by atoms with Gasteiger partial charge in [-0.25, -0.2) is 0 Å². The van der Waals surface area contributed by atoms with Crippen LogP contribution in [0.5, 0.6) is 0 Å². The molecule has 2 saturated heterocycles. The molecule has 0 spiro atoms. The van der Waals surface area contributed by atoms with Crippen LogP contribution in [0.3, 0.4) is 0 Å². The lowest BCUT2D eigenvalue weighted by Crippen LogP contribution is -2.51. The van der Waals surface area contributed by atoms with Crippen LogP contribution in [0.25, 0.3) is 0 Å². The fourth-order valence-corrected chi connectivity index (χ4v) is 4.21. The first-order valence-electron chi connectivity index (χ1n) is 9.12. The fraction of sp³-hybridized carbons (Fsp3) is 1.00. The molecule has 2 fully saturated rings. The zero-order valence-corrected chi connectivity index (χ0v) is 17.3. The maximum atomic E-state index is 6.72. The van der Waals surface area contributed by atoms with Crippen molar-refractivity contribution < 1.29 is 18.6 Å². The third-order valence-corrected chi connectivity index (χ3v) is 9.82. The van der Waals surface area contributed by atoms with E-state index >= 15 is 0 Å². The molecule has 4 nitrogen and oxygen atoms in total. The van der Waals surface area contributed by atoms with Crippen LogP contribution < -0.4 is 0 Å². The second kappa shape index (κ2) is 6.75. The van der Waals surface area contributed by atoms with E-state index in [-0.39, 0.29) is 29.5 Å². The van der Waals surface area contributed by atoms with Gasteiger partial charge in [-0.15, -0.1) is 0 Å². The van der Waals surface area contributed by atoms with Crippen molar-refractivity contribution in [3.63, 3.8) is 0 Å². The topological polar surface area (TPSA) is 40.2 Å². The normalized spacial score (nSPS) is 32.1. The third-order valence-electron chi connectivity index (χ3n) is 5.35. The van der Waals surface area contributed by atoms with E-state index in [0.717, 1.165) is 19.4 Å². The molecule has 4 atom stereocenters. The molecule has 5 heteroatoms. The minimum Gasteiger partial charge on any atom is -0.408 e. The molecule has 0 saturated carbocycles.